The third kappa shape index (κ3) is 3.48. The molecule has 0 radical (unpaired) electrons. The van der Waals surface area contributed by atoms with Crippen LogP contribution >= 0.6 is 0 Å². The zero-order chi connectivity index (χ0) is 13.8. The van der Waals surface area contributed by atoms with E-state index < -0.39 is 0 Å². The fourth-order valence-corrected chi connectivity index (χ4v) is 1.58. The standard InChI is InChI=1S/C13H14N4O2/c1-9-3-4-14-11(5-9)16-12(18)7-17-8-15-10(2)6-13(17)19/h3-6,8H,7H2,1-2H3,(H,14,16,18). The fourth-order valence-electron chi connectivity index (χ4n) is 1.58. The van der Waals surface area contributed by atoms with E-state index >= 15 is 0 Å². The number of aromatic nitrogens is 3. The number of carbonyl (C=O) groups excluding carboxylic acids is 1. The molecule has 6 nitrogen and oxygen atoms in total. The molecule has 98 valence electrons. The van der Waals surface area contributed by atoms with Crippen molar-refractivity contribution in [1.29, 1.82) is 0 Å². The average molecular weight is 258 g/mol. The van der Waals surface area contributed by atoms with Gasteiger partial charge in [-0.25, -0.2) is 9.97 Å². The maximum Gasteiger partial charge on any atom is 0.253 e. The first kappa shape index (κ1) is 12.9. The number of nitrogens with zero attached hydrogens (tertiary/aromatic N) is 3. The van der Waals surface area contributed by atoms with Crippen LogP contribution in [0, 0.1) is 13.8 Å². The van der Waals surface area contributed by atoms with E-state index in [4.69, 9.17) is 0 Å². The first-order chi connectivity index (χ1) is 9.04. The first-order valence-electron chi connectivity index (χ1n) is 5.80. The van der Waals surface area contributed by atoms with Gasteiger partial charge in [0.1, 0.15) is 12.4 Å². The van der Waals surface area contributed by atoms with Crippen molar-refractivity contribution in [2.45, 2.75) is 20.4 Å². The van der Waals surface area contributed by atoms with Crippen LogP contribution in [0.5, 0.6) is 0 Å². The van der Waals surface area contributed by atoms with Crippen molar-refractivity contribution in [3.63, 3.8) is 0 Å². The molecule has 1 amide bonds. The van der Waals surface area contributed by atoms with E-state index in [1.54, 1.807) is 19.2 Å². The van der Waals surface area contributed by atoms with Gasteiger partial charge in [-0.2, -0.15) is 0 Å². The van der Waals surface area contributed by atoms with Crippen LogP contribution in [0.25, 0.3) is 0 Å². The molecule has 0 saturated carbocycles. The summed E-state index contributed by atoms with van der Waals surface area (Å²) in [6.45, 7) is 3.55. The van der Waals surface area contributed by atoms with Crippen LogP contribution in [0.15, 0.2) is 35.5 Å². The Morgan fingerprint density at radius 1 is 1.32 bits per heavy atom. The average Bonchev–Trinajstić information content (AvgIpc) is 2.33. The minimum Gasteiger partial charge on any atom is -0.309 e. The van der Waals surface area contributed by atoms with Crippen LogP contribution in [-0.2, 0) is 11.3 Å². The number of nitrogens with one attached hydrogen (secondary N) is 1. The molecular formula is C13H14N4O2. The zero-order valence-corrected chi connectivity index (χ0v) is 10.8. The van der Waals surface area contributed by atoms with E-state index in [0.717, 1.165) is 5.56 Å². The molecule has 0 aliphatic rings. The third-order valence-electron chi connectivity index (χ3n) is 2.51. The van der Waals surface area contributed by atoms with Crippen molar-refractivity contribution in [3.05, 3.63) is 52.3 Å². The quantitative estimate of drug-likeness (QED) is 0.887. The number of anilines is 1. The Morgan fingerprint density at radius 3 is 2.79 bits per heavy atom. The maximum absolute atomic E-state index is 11.8. The summed E-state index contributed by atoms with van der Waals surface area (Å²) in [6.07, 6.45) is 2.98. The second kappa shape index (κ2) is 5.43. The molecule has 19 heavy (non-hydrogen) atoms. The Bertz CT molecular complexity index is 664. The van der Waals surface area contributed by atoms with E-state index in [1.165, 1.54) is 17.0 Å². The van der Waals surface area contributed by atoms with Gasteiger partial charge in [0.15, 0.2) is 0 Å². The molecule has 0 spiro atoms. The topological polar surface area (TPSA) is 76.9 Å². The number of pyridine rings is 1. The Hall–Kier alpha value is -2.50. The molecule has 0 unspecified atom stereocenters. The predicted octanol–water partition coefficient (Wildman–Crippen LogP) is 0.894. The summed E-state index contributed by atoms with van der Waals surface area (Å²) < 4.78 is 1.25. The molecule has 0 fully saturated rings. The lowest BCUT2D eigenvalue weighted by Gasteiger charge is -2.06. The summed E-state index contributed by atoms with van der Waals surface area (Å²) in [7, 11) is 0. The highest BCUT2D eigenvalue weighted by atomic mass is 16.2. The third-order valence-corrected chi connectivity index (χ3v) is 2.51. The molecule has 2 aromatic heterocycles. The number of aryl methyl sites for hydroxylation is 2. The molecule has 0 bridgehead atoms. The van der Waals surface area contributed by atoms with Gasteiger partial charge in [-0.1, -0.05) is 0 Å². The minimum absolute atomic E-state index is 0.0816. The second-order valence-corrected chi connectivity index (χ2v) is 4.26. The van der Waals surface area contributed by atoms with Crippen molar-refractivity contribution in [1.82, 2.24) is 14.5 Å². The lowest BCUT2D eigenvalue weighted by Crippen LogP contribution is -2.27. The largest absolute Gasteiger partial charge is 0.309 e. The molecule has 0 aliphatic carbocycles. The highest BCUT2D eigenvalue weighted by Crippen LogP contribution is 2.04. The van der Waals surface area contributed by atoms with Gasteiger partial charge in [-0.3, -0.25) is 14.2 Å². The van der Waals surface area contributed by atoms with Gasteiger partial charge in [0.05, 0.1) is 6.33 Å². The molecular weight excluding hydrogens is 244 g/mol. The maximum atomic E-state index is 11.8. The Labute approximate surface area is 110 Å². The Kier molecular flexibility index (Phi) is 3.70. The van der Waals surface area contributed by atoms with Gasteiger partial charge >= 0.3 is 0 Å². The molecule has 6 heteroatoms. The predicted molar refractivity (Wildman–Crippen MR) is 70.8 cm³/mol. The number of rotatable bonds is 3. The fraction of sp³-hybridized carbons (Fsp3) is 0.231. The van der Waals surface area contributed by atoms with Gasteiger partial charge in [-0.15, -0.1) is 0 Å². The summed E-state index contributed by atoms with van der Waals surface area (Å²) in [5.74, 6) is 0.156. The van der Waals surface area contributed by atoms with Crippen molar-refractivity contribution in [2.24, 2.45) is 0 Å². The van der Waals surface area contributed by atoms with Gasteiger partial charge in [0, 0.05) is 18.0 Å². The lowest BCUT2D eigenvalue weighted by molar-refractivity contribution is -0.116. The molecule has 2 heterocycles. The highest BCUT2D eigenvalue weighted by Gasteiger charge is 2.06. The van der Waals surface area contributed by atoms with E-state index in [-0.39, 0.29) is 18.0 Å². The highest BCUT2D eigenvalue weighted by molar-refractivity contribution is 5.89. The summed E-state index contributed by atoms with van der Waals surface area (Å²) in [6, 6.07) is 4.98. The smallest absolute Gasteiger partial charge is 0.253 e. The minimum atomic E-state index is -0.314. The zero-order valence-electron chi connectivity index (χ0n) is 10.8. The molecule has 1 N–H and O–H groups in total. The normalized spacial score (nSPS) is 10.2. The van der Waals surface area contributed by atoms with Crippen molar-refractivity contribution in [3.8, 4) is 0 Å². The van der Waals surface area contributed by atoms with Gasteiger partial charge in [0.25, 0.3) is 5.56 Å². The monoisotopic (exact) mass is 258 g/mol. The van der Waals surface area contributed by atoms with Crippen molar-refractivity contribution >= 4 is 11.7 Å². The van der Waals surface area contributed by atoms with E-state index in [2.05, 4.69) is 15.3 Å². The van der Waals surface area contributed by atoms with E-state index in [1.807, 2.05) is 13.0 Å². The molecule has 0 atom stereocenters. The molecule has 0 aromatic carbocycles. The van der Waals surface area contributed by atoms with E-state index in [9.17, 15) is 9.59 Å². The van der Waals surface area contributed by atoms with Gasteiger partial charge in [-0.05, 0) is 31.5 Å². The Morgan fingerprint density at radius 2 is 2.11 bits per heavy atom. The van der Waals surface area contributed by atoms with Gasteiger partial charge in [0.2, 0.25) is 5.91 Å². The number of hydrogen-bond donors (Lipinski definition) is 1. The lowest BCUT2D eigenvalue weighted by atomic mass is 10.3. The number of hydrogen-bond acceptors (Lipinski definition) is 4. The van der Waals surface area contributed by atoms with Crippen molar-refractivity contribution < 1.29 is 4.79 Å². The summed E-state index contributed by atoms with van der Waals surface area (Å²) >= 11 is 0. The van der Waals surface area contributed by atoms with Crippen LogP contribution in [0.2, 0.25) is 0 Å². The van der Waals surface area contributed by atoms with Crippen LogP contribution < -0.4 is 10.9 Å². The number of amides is 1. The van der Waals surface area contributed by atoms with Crippen molar-refractivity contribution in [2.75, 3.05) is 5.32 Å². The SMILES string of the molecule is Cc1ccnc(NC(=O)Cn2cnc(C)cc2=O)c1. The summed E-state index contributed by atoms with van der Waals surface area (Å²) in [5, 5.41) is 2.64. The molecule has 0 aliphatic heterocycles. The van der Waals surface area contributed by atoms with Crippen LogP contribution in [0.1, 0.15) is 11.3 Å². The van der Waals surface area contributed by atoms with Crippen LogP contribution in [0.3, 0.4) is 0 Å². The van der Waals surface area contributed by atoms with Crippen LogP contribution in [-0.4, -0.2) is 20.4 Å². The second-order valence-electron chi connectivity index (χ2n) is 4.26. The summed E-state index contributed by atoms with van der Waals surface area (Å²) in [4.78, 5) is 31.4. The molecule has 0 saturated heterocycles. The van der Waals surface area contributed by atoms with E-state index in [0.29, 0.717) is 11.5 Å². The summed E-state index contributed by atoms with van der Waals surface area (Å²) in [5.41, 5.74) is 1.38. The van der Waals surface area contributed by atoms with Gasteiger partial charge < -0.3 is 5.32 Å². The molecule has 2 rings (SSSR count). The first-order valence-corrected chi connectivity index (χ1v) is 5.80. The van der Waals surface area contributed by atoms with Crippen LogP contribution in [0.4, 0.5) is 5.82 Å². The number of carbonyl (C=O) groups is 1. The molecule has 2 aromatic rings. The Balaban J connectivity index is 2.07.